The monoisotopic (exact) mass is 843 g/mol. The Labute approximate surface area is 363 Å². The number of fused-ring (bicyclic) bond motifs is 1. The number of amides is 5. The van der Waals surface area contributed by atoms with Gasteiger partial charge in [0.2, 0.25) is 17.8 Å². The highest BCUT2D eigenvalue weighted by atomic mass is 16.6. The minimum atomic E-state index is -0.556. The highest BCUT2D eigenvalue weighted by Gasteiger charge is 2.35. The molecule has 3 fully saturated rings. The lowest BCUT2D eigenvalue weighted by atomic mass is 9.94. The lowest BCUT2D eigenvalue weighted by Crippen LogP contribution is -2.52. The molecule has 326 valence electrons. The lowest BCUT2D eigenvalue weighted by molar-refractivity contribution is -0.136. The molecule has 1 N–H and O–H groups in total. The van der Waals surface area contributed by atoms with Crippen molar-refractivity contribution >= 4 is 52.6 Å². The van der Waals surface area contributed by atoms with Gasteiger partial charge in [0.05, 0.1) is 25.9 Å². The zero-order chi connectivity index (χ0) is 43.5. The summed E-state index contributed by atoms with van der Waals surface area (Å²) in [4.78, 5) is 73.5. The van der Waals surface area contributed by atoms with E-state index in [1.807, 2.05) is 87.3 Å². The van der Waals surface area contributed by atoms with E-state index in [0.29, 0.717) is 45.1 Å². The van der Waals surface area contributed by atoms with Crippen LogP contribution in [0.2, 0.25) is 0 Å². The third-order valence-electron chi connectivity index (χ3n) is 12.2. The second-order valence-electron chi connectivity index (χ2n) is 17.5. The number of piperidine rings is 1. The quantitative estimate of drug-likeness (QED) is 0.191. The first-order valence-electron chi connectivity index (χ1n) is 21.7. The van der Waals surface area contributed by atoms with Crippen LogP contribution < -0.4 is 24.8 Å². The van der Waals surface area contributed by atoms with Crippen molar-refractivity contribution in [2.24, 2.45) is 5.92 Å². The molecule has 0 bridgehead atoms. The first-order chi connectivity index (χ1) is 29.8. The summed E-state index contributed by atoms with van der Waals surface area (Å²) in [6.45, 7) is 13.5. The molecule has 8 rings (SSSR count). The van der Waals surface area contributed by atoms with E-state index in [2.05, 4.69) is 38.3 Å². The summed E-state index contributed by atoms with van der Waals surface area (Å²) >= 11 is 0. The molecule has 15 heteroatoms. The summed E-state index contributed by atoms with van der Waals surface area (Å²) in [7, 11) is 1.60. The number of imide groups is 1. The van der Waals surface area contributed by atoms with E-state index < -0.39 is 5.60 Å². The van der Waals surface area contributed by atoms with Crippen molar-refractivity contribution < 1.29 is 28.7 Å². The Hall–Kier alpha value is -6.38. The Balaban J connectivity index is 0.794. The van der Waals surface area contributed by atoms with Crippen LogP contribution in [0.1, 0.15) is 62.4 Å². The summed E-state index contributed by atoms with van der Waals surface area (Å²) in [6.07, 6.45) is 4.06. The van der Waals surface area contributed by atoms with Crippen molar-refractivity contribution in [3.8, 4) is 5.75 Å². The Morgan fingerprint density at radius 3 is 2.18 bits per heavy atom. The summed E-state index contributed by atoms with van der Waals surface area (Å²) in [5.74, 6) is 1.27. The van der Waals surface area contributed by atoms with Gasteiger partial charge in [-0.05, 0) is 118 Å². The van der Waals surface area contributed by atoms with Gasteiger partial charge in [0.25, 0.3) is 0 Å². The fourth-order valence-electron chi connectivity index (χ4n) is 8.68. The number of hydrogen-bond acceptors (Lipinski definition) is 11. The average Bonchev–Trinajstić information content (AvgIpc) is 3.27. The molecule has 15 nitrogen and oxygen atoms in total. The van der Waals surface area contributed by atoms with Crippen molar-refractivity contribution in [2.45, 2.75) is 72.1 Å². The molecule has 0 aliphatic carbocycles. The standard InChI is InChI=1S/C47H57N9O6/c1-32-28-38(12-15-41(32)55-23-19-42(57)56(45(55)59)30-33-6-13-39(61-5)14-7-33)52-24-26-53(27-25-52)43(58)34-16-20-51(21-17-34)37-10-8-36(9-11-37)49-44-48-29-35-18-22-54(31-40(35)50-44)46(60)62-47(2,3)4/h6-15,28-29,34H,16-27,30-31H2,1-5H3,(H,48,49,50). The highest BCUT2D eigenvalue weighted by molar-refractivity contribution is 6.06. The minimum Gasteiger partial charge on any atom is -0.497 e. The SMILES string of the molecule is COc1ccc(CN2C(=O)CCN(c3ccc(N4CCN(C(=O)C5CCN(c6ccc(Nc7ncc8c(n7)CN(C(=O)OC(C)(C)C)CC8)cc6)CC5)CC4)cc3C)C2=O)cc1. The first-order valence-corrected chi connectivity index (χ1v) is 21.7. The van der Waals surface area contributed by atoms with Gasteiger partial charge >= 0.3 is 12.1 Å². The van der Waals surface area contributed by atoms with Crippen LogP contribution in [0.3, 0.4) is 0 Å². The number of nitrogens with one attached hydrogen (secondary N) is 1. The number of methoxy groups -OCH3 is 1. The van der Waals surface area contributed by atoms with E-state index in [1.54, 1.807) is 16.9 Å². The van der Waals surface area contributed by atoms with Gasteiger partial charge in [0.1, 0.15) is 11.4 Å². The number of hydrogen-bond donors (Lipinski definition) is 1. The first kappa shape index (κ1) is 42.3. The number of urea groups is 1. The van der Waals surface area contributed by atoms with Gasteiger partial charge in [-0.2, -0.15) is 0 Å². The zero-order valence-electron chi connectivity index (χ0n) is 36.4. The number of rotatable bonds is 9. The van der Waals surface area contributed by atoms with Crippen molar-refractivity contribution in [3.05, 3.63) is 95.3 Å². The van der Waals surface area contributed by atoms with E-state index in [9.17, 15) is 19.2 Å². The van der Waals surface area contributed by atoms with E-state index in [4.69, 9.17) is 14.5 Å². The van der Waals surface area contributed by atoms with E-state index in [1.165, 1.54) is 4.90 Å². The van der Waals surface area contributed by atoms with Gasteiger partial charge in [0, 0.05) is 93.6 Å². The molecule has 0 saturated carbocycles. The zero-order valence-corrected chi connectivity index (χ0v) is 36.4. The van der Waals surface area contributed by atoms with Crippen molar-refractivity contribution in [1.82, 2.24) is 24.7 Å². The number of carbonyl (C=O) groups excluding carboxylic acids is 4. The number of benzene rings is 3. The molecule has 5 heterocycles. The smallest absolute Gasteiger partial charge is 0.410 e. The van der Waals surface area contributed by atoms with Gasteiger partial charge in [-0.1, -0.05) is 12.1 Å². The molecule has 4 aliphatic heterocycles. The number of carbonyl (C=O) groups is 4. The van der Waals surface area contributed by atoms with E-state index in [0.717, 1.165) is 89.9 Å². The fourth-order valence-corrected chi connectivity index (χ4v) is 8.68. The number of nitrogens with zero attached hydrogens (tertiary/aromatic N) is 8. The van der Waals surface area contributed by atoms with Crippen LogP contribution in [-0.4, -0.2) is 114 Å². The predicted octanol–water partition coefficient (Wildman–Crippen LogP) is 6.75. The Morgan fingerprint density at radius 2 is 1.50 bits per heavy atom. The summed E-state index contributed by atoms with van der Waals surface area (Å²) < 4.78 is 10.8. The van der Waals surface area contributed by atoms with Crippen LogP contribution in [0.5, 0.6) is 5.75 Å². The third-order valence-corrected chi connectivity index (χ3v) is 12.2. The molecule has 0 atom stereocenters. The van der Waals surface area contributed by atoms with Crippen LogP contribution in [0.25, 0.3) is 0 Å². The van der Waals surface area contributed by atoms with Gasteiger partial charge in [-0.3, -0.25) is 19.4 Å². The second-order valence-corrected chi connectivity index (χ2v) is 17.5. The summed E-state index contributed by atoms with van der Waals surface area (Å²) in [5, 5.41) is 3.31. The maximum atomic E-state index is 13.7. The molecule has 62 heavy (non-hydrogen) atoms. The minimum absolute atomic E-state index is 0.00548. The molecule has 3 saturated heterocycles. The van der Waals surface area contributed by atoms with Crippen LogP contribution in [0.15, 0.2) is 72.9 Å². The van der Waals surface area contributed by atoms with Gasteiger partial charge in [-0.15, -0.1) is 0 Å². The van der Waals surface area contributed by atoms with Gasteiger partial charge < -0.3 is 34.4 Å². The molecule has 3 aromatic carbocycles. The van der Waals surface area contributed by atoms with Crippen molar-refractivity contribution in [3.63, 3.8) is 0 Å². The number of aryl methyl sites for hydroxylation is 1. The summed E-state index contributed by atoms with van der Waals surface area (Å²) in [6, 6.07) is 21.4. The highest BCUT2D eigenvalue weighted by Crippen LogP contribution is 2.32. The number of anilines is 5. The number of piperazine rings is 1. The van der Waals surface area contributed by atoms with Crippen molar-refractivity contribution in [1.29, 1.82) is 0 Å². The molecule has 0 unspecified atom stereocenters. The Kier molecular flexibility index (Phi) is 12.2. The number of ether oxygens (including phenoxy) is 2. The largest absolute Gasteiger partial charge is 0.497 e. The lowest BCUT2D eigenvalue weighted by Gasteiger charge is -2.40. The van der Waals surface area contributed by atoms with Gasteiger partial charge in [0.15, 0.2) is 0 Å². The molecular weight excluding hydrogens is 787 g/mol. The van der Waals surface area contributed by atoms with E-state index in [-0.39, 0.29) is 42.8 Å². The molecule has 1 aromatic heterocycles. The van der Waals surface area contributed by atoms with Crippen LogP contribution in [0, 0.1) is 12.8 Å². The molecule has 4 aromatic rings. The average molecular weight is 844 g/mol. The molecule has 5 amide bonds. The molecule has 0 spiro atoms. The maximum Gasteiger partial charge on any atom is 0.410 e. The molecule has 4 aliphatic rings. The second kappa shape index (κ2) is 17.9. The topological polar surface area (TPSA) is 144 Å². The fraction of sp³-hybridized carbons (Fsp3) is 0.447. The normalized spacial score (nSPS) is 17.6. The molecular formula is C47H57N9O6. The Bertz CT molecular complexity index is 2280. The summed E-state index contributed by atoms with van der Waals surface area (Å²) in [5.41, 5.74) is 6.96. The number of aromatic nitrogens is 2. The van der Waals surface area contributed by atoms with Crippen LogP contribution in [0.4, 0.5) is 38.3 Å². The predicted molar refractivity (Wildman–Crippen MR) is 238 cm³/mol. The van der Waals surface area contributed by atoms with E-state index >= 15 is 0 Å². The Morgan fingerprint density at radius 1 is 0.806 bits per heavy atom. The van der Waals surface area contributed by atoms with Crippen LogP contribution >= 0.6 is 0 Å². The van der Waals surface area contributed by atoms with Gasteiger partial charge in [-0.25, -0.2) is 19.6 Å². The van der Waals surface area contributed by atoms with Crippen LogP contribution in [-0.2, 0) is 33.8 Å². The maximum absolute atomic E-state index is 13.7. The van der Waals surface area contributed by atoms with Crippen molar-refractivity contribution in [2.75, 3.05) is 79.5 Å². The molecule has 0 radical (unpaired) electrons. The third kappa shape index (κ3) is 9.56.